The minimum Gasteiger partial charge on any atom is -0.381 e. The van der Waals surface area contributed by atoms with Crippen molar-refractivity contribution >= 4 is 11.8 Å². The molecule has 0 aliphatic carbocycles. The van der Waals surface area contributed by atoms with Gasteiger partial charge in [0.2, 0.25) is 5.95 Å². The first-order valence-electron chi connectivity index (χ1n) is 6.62. The molecule has 2 unspecified atom stereocenters. The number of nitrogens with one attached hydrogen (secondary N) is 2. The summed E-state index contributed by atoms with van der Waals surface area (Å²) in [6, 6.07) is 0.432. The van der Waals surface area contributed by atoms with Gasteiger partial charge in [-0.2, -0.15) is 4.98 Å². The fourth-order valence-electron chi connectivity index (χ4n) is 2.10. The van der Waals surface area contributed by atoms with Gasteiger partial charge >= 0.3 is 0 Å². The van der Waals surface area contributed by atoms with Crippen LogP contribution in [0.2, 0.25) is 0 Å². The van der Waals surface area contributed by atoms with Crippen LogP contribution in [0.1, 0.15) is 25.8 Å². The standard InChI is InChI=1S/C13H22N4O/c1-4-14-13-15-7-9(2)12(17-13)16-11-5-6-18-8-10(11)3/h7,10-11H,4-6,8H2,1-3H3,(H2,14,15,16,17). The van der Waals surface area contributed by atoms with Crippen LogP contribution in [-0.4, -0.2) is 35.8 Å². The largest absolute Gasteiger partial charge is 0.381 e. The van der Waals surface area contributed by atoms with Crippen LogP contribution in [0.4, 0.5) is 11.8 Å². The summed E-state index contributed by atoms with van der Waals surface area (Å²) in [4.78, 5) is 8.77. The molecule has 2 heterocycles. The molecule has 0 bridgehead atoms. The van der Waals surface area contributed by atoms with Crippen LogP contribution in [0, 0.1) is 12.8 Å². The van der Waals surface area contributed by atoms with Crippen molar-refractivity contribution < 1.29 is 4.74 Å². The van der Waals surface area contributed by atoms with Crippen LogP contribution in [0.15, 0.2) is 6.20 Å². The van der Waals surface area contributed by atoms with Crippen molar-refractivity contribution in [1.29, 1.82) is 0 Å². The van der Waals surface area contributed by atoms with Crippen molar-refractivity contribution in [3.8, 4) is 0 Å². The van der Waals surface area contributed by atoms with E-state index in [-0.39, 0.29) is 0 Å². The highest BCUT2D eigenvalue weighted by atomic mass is 16.5. The maximum atomic E-state index is 5.46. The maximum Gasteiger partial charge on any atom is 0.224 e. The lowest BCUT2D eigenvalue weighted by Crippen LogP contribution is -2.36. The zero-order chi connectivity index (χ0) is 13.0. The molecular weight excluding hydrogens is 228 g/mol. The highest BCUT2D eigenvalue weighted by Gasteiger charge is 2.22. The zero-order valence-corrected chi connectivity index (χ0v) is 11.4. The third-order valence-corrected chi connectivity index (χ3v) is 3.27. The van der Waals surface area contributed by atoms with Crippen molar-refractivity contribution in [2.45, 2.75) is 33.2 Å². The predicted octanol–water partition coefficient (Wildman–Crippen LogP) is 2.05. The lowest BCUT2D eigenvalue weighted by Gasteiger charge is -2.30. The Bertz CT molecular complexity index is 397. The van der Waals surface area contributed by atoms with Crippen LogP contribution < -0.4 is 10.6 Å². The van der Waals surface area contributed by atoms with Gasteiger partial charge in [0.05, 0.1) is 6.61 Å². The quantitative estimate of drug-likeness (QED) is 0.856. The average molecular weight is 250 g/mol. The number of hydrogen-bond donors (Lipinski definition) is 2. The Hall–Kier alpha value is -1.36. The molecule has 5 nitrogen and oxygen atoms in total. The van der Waals surface area contributed by atoms with E-state index in [2.05, 4.69) is 27.5 Å². The third kappa shape index (κ3) is 3.10. The molecule has 0 radical (unpaired) electrons. The molecule has 0 spiro atoms. The lowest BCUT2D eigenvalue weighted by molar-refractivity contribution is 0.0537. The van der Waals surface area contributed by atoms with E-state index in [4.69, 9.17) is 4.74 Å². The van der Waals surface area contributed by atoms with Gasteiger partial charge in [0.25, 0.3) is 0 Å². The number of ether oxygens (including phenoxy) is 1. The minimum atomic E-state index is 0.432. The van der Waals surface area contributed by atoms with Crippen LogP contribution in [0.3, 0.4) is 0 Å². The van der Waals surface area contributed by atoms with E-state index in [0.717, 1.165) is 37.6 Å². The maximum absolute atomic E-state index is 5.46. The molecule has 0 amide bonds. The Labute approximate surface area is 108 Å². The number of aromatic nitrogens is 2. The van der Waals surface area contributed by atoms with Crippen molar-refractivity contribution in [2.75, 3.05) is 30.4 Å². The number of aryl methyl sites for hydroxylation is 1. The van der Waals surface area contributed by atoms with Crippen LogP contribution in [-0.2, 0) is 4.74 Å². The van der Waals surface area contributed by atoms with Crippen molar-refractivity contribution in [3.05, 3.63) is 11.8 Å². The van der Waals surface area contributed by atoms with E-state index in [1.165, 1.54) is 0 Å². The number of anilines is 2. The predicted molar refractivity (Wildman–Crippen MR) is 72.9 cm³/mol. The highest BCUT2D eigenvalue weighted by Crippen LogP contribution is 2.21. The van der Waals surface area contributed by atoms with Crippen molar-refractivity contribution in [1.82, 2.24) is 9.97 Å². The number of rotatable bonds is 4. The van der Waals surface area contributed by atoms with Gasteiger partial charge in [-0.3, -0.25) is 0 Å². The molecule has 2 atom stereocenters. The summed E-state index contributed by atoms with van der Waals surface area (Å²) >= 11 is 0. The van der Waals surface area contributed by atoms with Crippen LogP contribution >= 0.6 is 0 Å². The van der Waals surface area contributed by atoms with Crippen LogP contribution in [0.5, 0.6) is 0 Å². The Morgan fingerprint density at radius 1 is 1.50 bits per heavy atom. The monoisotopic (exact) mass is 250 g/mol. The van der Waals surface area contributed by atoms with Gasteiger partial charge in [0.15, 0.2) is 0 Å². The summed E-state index contributed by atoms with van der Waals surface area (Å²) < 4.78 is 5.46. The Kier molecular flexibility index (Phi) is 4.36. The van der Waals surface area contributed by atoms with Crippen LogP contribution in [0.25, 0.3) is 0 Å². The SMILES string of the molecule is CCNc1ncc(C)c(NC2CCOCC2C)n1. The molecule has 1 saturated heterocycles. The van der Waals surface area contributed by atoms with E-state index in [9.17, 15) is 0 Å². The average Bonchev–Trinajstić information content (AvgIpc) is 2.36. The molecule has 5 heteroatoms. The van der Waals surface area contributed by atoms with Gasteiger partial charge < -0.3 is 15.4 Å². The van der Waals surface area contributed by atoms with Gasteiger partial charge in [-0.1, -0.05) is 6.92 Å². The molecule has 1 aromatic rings. The molecule has 2 N–H and O–H groups in total. The molecule has 0 aromatic carbocycles. The molecular formula is C13H22N4O. The topological polar surface area (TPSA) is 59.1 Å². The summed E-state index contributed by atoms with van der Waals surface area (Å²) in [5.41, 5.74) is 1.08. The normalized spacial score (nSPS) is 23.7. The highest BCUT2D eigenvalue weighted by molar-refractivity contribution is 5.47. The molecule has 1 aromatic heterocycles. The fourth-order valence-corrected chi connectivity index (χ4v) is 2.10. The second-order valence-electron chi connectivity index (χ2n) is 4.85. The summed E-state index contributed by atoms with van der Waals surface area (Å²) in [7, 11) is 0. The smallest absolute Gasteiger partial charge is 0.224 e. The third-order valence-electron chi connectivity index (χ3n) is 3.27. The van der Waals surface area contributed by atoms with Crippen molar-refractivity contribution in [3.63, 3.8) is 0 Å². The first kappa shape index (κ1) is 13.1. The fraction of sp³-hybridized carbons (Fsp3) is 0.692. The second kappa shape index (κ2) is 6.00. The Morgan fingerprint density at radius 3 is 3.06 bits per heavy atom. The van der Waals surface area contributed by atoms with Gasteiger partial charge in [-0.25, -0.2) is 4.98 Å². The van der Waals surface area contributed by atoms with E-state index < -0.39 is 0 Å². The second-order valence-corrected chi connectivity index (χ2v) is 4.85. The van der Waals surface area contributed by atoms with E-state index in [1.54, 1.807) is 0 Å². The molecule has 2 rings (SSSR count). The van der Waals surface area contributed by atoms with E-state index in [1.807, 2.05) is 20.0 Å². The molecule has 1 aliphatic rings. The molecule has 1 aliphatic heterocycles. The number of nitrogens with zero attached hydrogens (tertiary/aromatic N) is 2. The van der Waals surface area contributed by atoms with Gasteiger partial charge in [0.1, 0.15) is 5.82 Å². The van der Waals surface area contributed by atoms with Gasteiger partial charge in [-0.05, 0) is 26.2 Å². The Balaban J connectivity index is 2.09. The lowest BCUT2D eigenvalue weighted by atomic mass is 9.98. The first-order valence-corrected chi connectivity index (χ1v) is 6.62. The Morgan fingerprint density at radius 2 is 2.33 bits per heavy atom. The van der Waals surface area contributed by atoms with Gasteiger partial charge in [-0.15, -0.1) is 0 Å². The van der Waals surface area contributed by atoms with Gasteiger partial charge in [0, 0.05) is 31.0 Å². The molecule has 100 valence electrons. The summed E-state index contributed by atoms with van der Waals surface area (Å²) in [5.74, 6) is 2.13. The molecule has 0 saturated carbocycles. The summed E-state index contributed by atoms with van der Waals surface area (Å²) in [6.07, 6.45) is 2.89. The van der Waals surface area contributed by atoms with E-state index >= 15 is 0 Å². The number of hydrogen-bond acceptors (Lipinski definition) is 5. The zero-order valence-electron chi connectivity index (χ0n) is 11.4. The minimum absolute atomic E-state index is 0.432. The first-order chi connectivity index (χ1) is 8.70. The molecule has 18 heavy (non-hydrogen) atoms. The summed E-state index contributed by atoms with van der Waals surface area (Å²) in [6.45, 7) is 8.75. The van der Waals surface area contributed by atoms with Crippen molar-refractivity contribution in [2.24, 2.45) is 5.92 Å². The molecule has 1 fully saturated rings. The van der Waals surface area contributed by atoms with E-state index in [0.29, 0.717) is 17.9 Å². The summed E-state index contributed by atoms with van der Waals surface area (Å²) in [5, 5.41) is 6.66.